The van der Waals surface area contributed by atoms with Crippen LogP contribution in [-0.4, -0.2) is 57.8 Å². The standard InChI is InChI=1S/C32H35N3O5S/c1-4-39-24-12-10-23(11-13-24)33-31-29(32(38)40-5-2)30(37)27(41-31)18-22-19-35(26-9-7-6-8-25(22)26)20-28(36)34-16-14-21(3)15-17-34/h6-13,18-19,21,37H,4-5,14-17,20H2,1-3H3/b27-18-,33-31?. The van der Waals surface area contributed by atoms with Crippen molar-refractivity contribution in [1.29, 1.82) is 0 Å². The largest absolute Gasteiger partial charge is 0.506 e. The molecule has 5 rings (SSSR count). The number of likely N-dealkylation sites (tertiary alicyclic amines) is 1. The summed E-state index contributed by atoms with van der Waals surface area (Å²) < 4.78 is 12.7. The van der Waals surface area contributed by atoms with Gasteiger partial charge in [-0.15, -0.1) is 0 Å². The molecule has 3 heterocycles. The molecule has 0 aliphatic carbocycles. The van der Waals surface area contributed by atoms with E-state index in [1.54, 1.807) is 19.1 Å². The lowest BCUT2D eigenvalue weighted by atomic mass is 9.99. The quantitative estimate of drug-likeness (QED) is 0.310. The molecule has 9 heteroatoms. The van der Waals surface area contributed by atoms with Gasteiger partial charge in [-0.25, -0.2) is 9.79 Å². The number of carbonyl (C=O) groups is 2. The SMILES string of the molecule is CCOC(=O)C1=C(O)/C(=C/c2cn(CC(=O)N3CCC(C)CC3)c3ccccc23)SC1=Nc1ccc(OCC)cc1. The van der Waals surface area contributed by atoms with Crippen molar-refractivity contribution in [3.8, 4) is 5.75 Å². The van der Waals surface area contributed by atoms with Crippen molar-refractivity contribution < 1.29 is 24.2 Å². The van der Waals surface area contributed by atoms with Crippen LogP contribution >= 0.6 is 11.8 Å². The maximum absolute atomic E-state index is 13.1. The van der Waals surface area contributed by atoms with E-state index in [4.69, 9.17) is 9.47 Å². The van der Waals surface area contributed by atoms with Crippen LogP contribution in [0, 0.1) is 5.92 Å². The van der Waals surface area contributed by atoms with Crippen molar-refractivity contribution >= 4 is 51.3 Å². The molecule has 0 radical (unpaired) electrons. The Balaban J connectivity index is 1.47. The highest BCUT2D eigenvalue weighted by Crippen LogP contribution is 2.41. The van der Waals surface area contributed by atoms with E-state index in [9.17, 15) is 14.7 Å². The minimum Gasteiger partial charge on any atom is -0.506 e. The average molecular weight is 574 g/mol. The molecule has 0 atom stereocenters. The highest BCUT2D eigenvalue weighted by Gasteiger charge is 2.33. The van der Waals surface area contributed by atoms with Crippen LogP contribution in [0.4, 0.5) is 5.69 Å². The summed E-state index contributed by atoms with van der Waals surface area (Å²) in [4.78, 5) is 33.1. The third kappa shape index (κ3) is 6.35. The fourth-order valence-corrected chi connectivity index (χ4v) is 6.08. The number of carbonyl (C=O) groups excluding carboxylic acids is 2. The highest BCUT2D eigenvalue weighted by atomic mass is 32.2. The minimum absolute atomic E-state index is 0.0372. The predicted octanol–water partition coefficient (Wildman–Crippen LogP) is 6.49. The molecule has 2 aromatic carbocycles. The number of thioether (sulfide) groups is 1. The molecule has 1 N–H and O–H groups in total. The lowest BCUT2D eigenvalue weighted by Gasteiger charge is -2.30. The van der Waals surface area contributed by atoms with Crippen molar-refractivity contribution in [1.82, 2.24) is 9.47 Å². The van der Waals surface area contributed by atoms with Crippen molar-refractivity contribution in [2.24, 2.45) is 10.9 Å². The van der Waals surface area contributed by atoms with Gasteiger partial charge < -0.3 is 24.0 Å². The van der Waals surface area contributed by atoms with Crippen LogP contribution in [0.2, 0.25) is 0 Å². The number of aliphatic hydroxyl groups is 1. The number of aliphatic hydroxyl groups excluding tert-OH is 1. The molecule has 0 unspecified atom stereocenters. The van der Waals surface area contributed by atoms with Gasteiger partial charge in [0.05, 0.1) is 23.8 Å². The van der Waals surface area contributed by atoms with Gasteiger partial charge in [0.15, 0.2) is 0 Å². The fraction of sp³-hybridized carbons (Fsp3) is 0.344. The zero-order valence-corrected chi connectivity index (χ0v) is 24.4. The molecule has 2 aliphatic heterocycles. The molecular weight excluding hydrogens is 538 g/mol. The number of hydrogen-bond acceptors (Lipinski definition) is 7. The number of nitrogens with zero attached hydrogens (tertiary/aromatic N) is 3. The van der Waals surface area contributed by atoms with Crippen LogP contribution in [0.25, 0.3) is 17.0 Å². The fourth-order valence-electron chi connectivity index (χ4n) is 5.06. The van der Waals surface area contributed by atoms with Crippen molar-refractivity contribution in [3.63, 3.8) is 0 Å². The number of piperidine rings is 1. The van der Waals surface area contributed by atoms with Gasteiger partial charge in [0.25, 0.3) is 0 Å². The number of para-hydroxylation sites is 1. The zero-order valence-electron chi connectivity index (χ0n) is 23.6. The highest BCUT2D eigenvalue weighted by molar-refractivity contribution is 8.18. The summed E-state index contributed by atoms with van der Waals surface area (Å²) in [7, 11) is 0. The molecule has 1 aromatic heterocycles. The molecule has 1 fully saturated rings. The summed E-state index contributed by atoms with van der Waals surface area (Å²) in [5.41, 5.74) is 2.42. The van der Waals surface area contributed by atoms with Crippen LogP contribution < -0.4 is 4.74 Å². The molecule has 0 saturated carbocycles. The van der Waals surface area contributed by atoms with Gasteiger partial charge in [0, 0.05) is 35.8 Å². The number of benzene rings is 2. The summed E-state index contributed by atoms with van der Waals surface area (Å²) in [6.45, 7) is 8.42. The second-order valence-corrected chi connectivity index (χ2v) is 11.2. The van der Waals surface area contributed by atoms with Crippen molar-refractivity contribution in [2.45, 2.75) is 40.2 Å². The van der Waals surface area contributed by atoms with Crippen LogP contribution in [0.3, 0.4) is 0 Å². The van der Waals surface area contributed by atoms with E-state index in [0.29, 0.717) is 28.2 Å². The molecule has 2 aliphatic rings. The van der Waals surface area contributed by atoms with Gasteiger partial charge in [-0.1, -0.05) is 36.9 Å². The number of fused-ring (bicyclic) bond motifs is 1. The van der Waals surface area contributed by atoms with E-state index in [0.717, 1.165) is 48.1 Å². The smallest absolute Gasteiger partial charge is 0.344 e. The third-order valence-corrected chi connectivity index (χ3v) is 8.32. The van der Waals surface area contributed by atoms with Gasteiger partial charge in [0.1, 0.15) is 28.7 Å². The Kier molecular flexibility index (Phi) is 8.83. The van der Waals surface area contributed by atoms with E-state index in [1.165, 1.54) is 11.8 Å². The summed E-state index contributed by atoms with van der Waals surface area (Å²) in [6.07, 6.45) is 5.83. The van der Waals surface area contributed by atoms with Crippen molar-refractivity contribution in [2.75, 3.05) is 26.3 Å². The lowest BCUT2D eigenvalue weighted by Crippen LogP contribution is -2.39. The van der Waals surface area contributed by atoms with Gasteiger partial charge in [-0.3, -0.25) is 4.79 Å². The molecule has 3 aromatic rings. The second kappa shape index (κ2) is 12.7. The molecule has 41 heavy (non-hydrogen) atoms. The molecule has 0 spiro atoms. The number of ether oxygens (including phenoxy) is 2. The number of aliphatic imine (C=N–C) groups is 1. The van der Waals surface area contributed by atoms with E-state index in [-0.39, 0.29) is 30.4 Å². The Bertz CT molecular complexity index is 1530. The number of aromatic nitrogens is 1. The second-order valence-electron chi connectivity index (χ2n) is 10.2. The molecule has 1 amide bonds. The number of amides is 1. The first kappa shape index (κ1) is 28.5. The number of rotatable bonds is 8. The Morgan fingerprint density at radius 1 is 1.07 bits per heavy atom. The first-order chi connectivity index (χ1) is 19.9. The van der Waals surface area contributed by atoms with Gasteiger partial charge >= 0.3 is 5.97 Å². The summed E-state index contributed by atoms with van der Waals surface area (Å²) >= 11 is 1.21. The van der Waals surface area contributed by atoms with Crippen LogP contribution in [0.15, 0.2) is 76.0 Å². The monoisotopic (exact) mass is 573 g/mol. The molecular formula is C32H35N3O5S. The van der Waals surface area contributed by atoms with Gasteiger partial charge in [0.2, 0.25) is 5.91 Å². The van der Waals surface area contributed by atoms with Crippen LogP contribution in [0.5, 0.6) is 5.75 Å². The van der Waals surface area contributed by atoms with Gasteiger partial charge in [-0.2, -0.15) is 0 Å². The first-order valence-corrected chi connectivity index (χ1v) is 14.9. The summed E-state index contributed by atoms with van der Waals surface area (Å²) in [5.74, 6) is 0.675. The Hall–Kier alpha value is -3.98. The van der Waals surface area contributed by atoms with Crippen molar-refractivity contribution in [3.05, 3.63) is 76.5 Å². The molecule has 8 nitrogen and oxygen atoms in total. The molecule has 214 valence electrons. The topological polar surface area (TPSA) is 93.4 Å². The zero-order chi connectivity index (χ0) is 28.9. The Labute approximate surface area is 244 Å². The van der Waals surface area contributed by atoms with Crippen LogP contribution in [-0.2, 0) is 20.9 Å². The lowest BCUT2D eigenvalue weighted by molar-refractivity contribution is -0.138. The van der Waals surface area contributed by atoms with Crippen LogP contribution in [0.1, 0.15) is 39.2 Å². The number of hydrogen-bond donors (Lipinski definition) is 1. The number of esters is 1. The Morgan fingerprint density at radius 3 is 2.51 bits per heavy atom. The molecule has 1 saturated heterocycles. The average Bonchev–Trinajstić information content (AvgIpc) is 3.46. The minimum atomic E-state index is -0.630. The summed E-state index contributed by atoms with van der Waals surface area (Å²) in [6, 6.07) is 15.1. The van der Waals surface area contributed by atoms with E-state index < -0.39 is 5.97 Å². The van der Waals surface area contributed by atoms with Gasteiger partial charge in [-0.05, 0) is 69.0 Å². The summed E-state index contributed by atoms with van der Waals surface area (Å²) in [5, 5.41) is 12.5. The normalized spacial score (nSPS) is 18.1. The van der Waals surface area contributed by atoms with E-state index in [2.05, 4.69) is 11.9 Å². The molecule has 0 bridgehead atoms. The predicted molar refractivity (Wildman–Crippen MR) is 163 cm³/mol. The third-order valence-electron chi connectivity index (χ3n) is 7.30. The first-order valence-electron chi connectivity index (χ1n) is 14.1. The maximum atomic E-state index is 13.1. The Morgan fingerprint density at radius 2 is 1.80 bits per heavy atom. The van der Waals surface area contributed by atoms with E-state index >= 15 is 0 Å². The van der Waals surface area contributed by atoms with E-state index in [1.807, 2.05) is 65.1 Å². The maximum Gasteiger partial charge on any atom is 0.344 e.